The van der Waals surface area contributed by atoms with E-state index in [0.717, 1.165) is 24.3 Å². The summed E-state index contributed by atoms with van der Waals surface area (Å²) >= 11 is 0. The smallest absolute Gasteiger partial charge is 0.166 e. The lowest BCUT2D eigenvalue weighted by molar-refractivity contribution is -0.137. The first-order chi connectivity index (χ1) is 8.47. The lowest BCUT2D eigenvalue weighted by Crippen LogP contribution is -2.05. The average Bonchev–Trinajstić information content (AvgIpc) is 2.53. The molecule has 1 aromatic rings. The molecule has 1 saturated carbocycles. The van der Waals surface area contributed by atoms with Gasteiger partial charge in [0.25, 0.3) is 0 Å². The van der Waals surface area contributed by atoms with Crippen LogP contribution in [0.3, 0.4) is 0 Å². The van der Waals surface area contributed by atoms with Crippen molar-refractivity contribution in [3.8, 4) is 0 Å². The minimum atomic E-state index is -4.23. The molecular formula is C15H19F3. The highest BCUT2D eigenvalue weighted by Crippen LogP contribution is 2.35. The molecule has 0 saturated heterocycles. The van der Waals surface area contributed by atoms with Gasteiger partial charge >= 0.3 is 6.18 Å². The molecule has 0 heterocycles. The Kier molecular flexibility index (Phi) is 3.98. The maximum Gasteiger partial charge on any atom is 0.416 e. The molecule has 2 atom stereocenters. The zero-order valence-corrected chi connectivity index (χ0v) is 10.6. The van der Waals surface area contributed by atoms with Crippen molar-refractivity contribution in [1.82, 2.24) is 0 Å². The highest BCUT2D eigenvalue weighted by atomic mass is 19.4. The largest absolute Gasteiger partial charge is 0.416 e. The van der Waals surface area contributed by atoms with Crippen molar-refractivity contribution in [3.05, 3.63) is 35.4 Å². The summed E-state index contributed by atoms with van der Waals surface area (Å²) in [6, 6.07) is 5.74. The van der Waals surface area contributed by atoms with Gasteiger partial charge in [-0.2, -0.15) is 13.2 Å². The van der Waals surface area contributed by atoms with E-state index in [4.69, 9.17) is 0 Å². The van der Waals surface area contributed by atoms with Crippen molar-refractivity contribution in [2.45, 2.75) is 51.1 Å². The lowest BCUT2D eigenvalue weighted by Gasteiger charge is -2.15. The third-order valence-corrected chi connectivity index (χ3v) is 3.97. The van der Waals surface area contributed by atoms with Crippen molar-refractivity contribution in [1.29, 1.82) is 0 Å². The van der Waals surface area contributed by atoms with Gasteiger partial charge in [-0.05, 0) is 42.4 Å². The SMILES string of the molecule is CC1CCCC(c2ccc(C(F)(F)F)cc2)CC1. The van der Waals surface area contributed by atoms with E-state index >= 15 is 0 Å². The topological polar surface area (TPSA) is 0 Å². The molecule has 18 heavy (non-hydrogen) atoms. The van der Waals surface area contributed by atoms with Gasteiger partial charge in [0.2, 0.25) is 0 Å². The minimum Gasteiger partial charge on any atom is -0.166 e. The van der Waals surface area contributed by atoms with Crippen LogP contribution in [-0.2, 0) is 6.18 Å². The summed E-state index contributed by atoms with van der Waals surface area (Å²) in [5.41, 5.74) is 0.519. The number of hydrogen-bond acceptors (Lipinski definition) is 0. The van der Waals surface area contributed by atoms with E-state index in [9.17, 15) is 13.2 Å². The average molecular weight is 256 g/mol. The van der Waals surface area contributed by atoms with E-state index in [1.165, 1.54) is 31.4 Å². The summed E-state index contributed by atoms with van der Waals surface area (Å²) < 4.78 is 37.4. The Morgan fingerprint density at radius 3 is 2.22 bits per heavy atom. The normalized spacial score (nSPS) is 25.8. The molecule has 100 valence electrons. The second kappa shape index (κ2) is 5.33. The van der Waals surface area contributed by atoms with Gasteiger partial charge in [0.15, 0.2) is 0 Å². The quantitative estimate of drug-likeness (QED) is 0.591. The fourth-order valence-electron chi connectivity index (χ4n) is 2.76. The zero-order valence-electron chi connectivity index (χ0n) is 10.6. The molecule has 1 aliphatic rings. The van der Waals surface area contributed by atoms with Crippen molar-refractivity contribution >= 4 is 0 Å². The van der Waals surface area contributed by atoms with E-state index in [2.05, 4.69) is 6.92 Å². The molecule has 0 N–H and O–H groups in total. The van der Waals surface area contributed by atoms with Crippen molar-refractivity contribution in [3.63, 3.8) is 0 Å². The fraction of sp³-hybridized carbons (Fsp3) is 0.600. The van der Waals surface area contributed by atoms with Crippen LogP contribution in [0.2, 0.25) is 0 Å². The number of halogens is 3. The second-order valence-electron chi connectivity index (χ2n) is 5.43. The lowest BCUT2D eigenvalue weighted by atomic mass is 9.91. The molecule has 2 unspecified atom stereocenters. The molecule has 0 radical (unpaired) electrons. The Balaban J connectivity index is 2.09. The van der Waals surface area contributed by atoms with E-state index in [1.807, 2.05) is 0 Å². The van der Waals surface area contributed by atoms with Crippen LogP contribution in [-0.4, -0.2) is 0 Å². The summed E-state index contributed by atoms with van der Waals surface area (Å²) in [5, 5.41) is 0. The molecule has 0 aromatic heterocycles. The first-order valence-corrected chi connectivity index (χ1v) is 6.64. The second-order valence-corrected chi connectivity index (χ2v) is 5.43. The standard InChI is InChI=1S/C15H19F3/c1-11-3-2-4-12(6-5-11)13-7-9-14(10-8-13)15(16,17)18/h7-12H,2-6H2,1H3. The number of benzene rings is 1. The molecule has 2 rings (SSSR count). The van der Waals surface area contributed by atoms with Crippen LogP contribution in [0.1, 0.15) is 56.1 Å². The molecule has 0 bridgehead atoms. The predicted molar refractivity (Wildman–Crippen MR) is 66.4 cm³/mol. The summed E-state index contributed by atoms with van der Waals surface area (Å²) in [6.45, 7) is 2.26. The van der Waals surface area contributed by atoms with Gasteiger partial charge in [-0.3, -0.25) is 0 Å². The maximum atomic E-state index is 12.5. The zero-order chi connectivity index (χ0) is 13.2. The Morgan fingerprint density at radius 2 is 1.61 bits per heavy atom. The Bertz CT molecular complexity index is 378. The van der Waals surface area contributed by atoms with Crippen LogP contribution in [0.4, 0.5) is 13.2 Å². The molecular weight excluding hydrogens is 237 g/mol. The van der Waals surface area contributed by atoms with Crippen molar-refractivity contribution in [2.75, 3.05) is 0 Å². The monoisotopic (exact) mass is 256 g/mol. The van der Waals surface area contributed by atoms with Crippen LogP contribution in [0.15, 0.2) is 24.3 Å². The van der Waals surface area contributed by atoms with E-state index in [0.29, 0.717) is 5.92 Å². The van der Waals surface area contributed by atoms with Crippen LogP contribution in [0, 0.1) is 5.92 Å². The summed E-state index contributed by atoms with van der Waals surface area (Å²) in [6.07, 6.45) is 1.61. The van der Waals surface area contributed by atoms with Crippen LogP contribution < -0.4 is 0 Å². The van der Waals surface area contributed by atoms with Gasteiger partial charge in [-0.15, -0.1) is 0 Å². The third-order valence-electron chi connectivity index (χ3n) is 3.97. The Hall–Kier alpha value is -0.990. The van der Waals surface area contributed by atoms with E-state index in [-0.39, 0.29) is 0 Å². The minimum absolute atomic E-state index is 0.442. The maximum absolute atomic E-state index is 12.5. The number of alkyl halides is 3. The van der Waals surface area contributed by atoms with Gasteiger partial charge in [0.1, 0.15) is 0 Å². The van der Waals surface area contributed by atoms with Gasteiger partial charge in [-0.25, -0.2) is 0 Å². The van der Waals surface area contributed by atoms with E-state index < -0.39 is 11.7 Å². The van der Waals surface area contributed by atoms with Gasteiger partial charge in [-0.1, -0.05) is 38.3 Å². The summed E-state index contributed by atoms with van der Waals surface area (Å²) in [4.78, 5) is 0. The van der Waals surface area contributed by atoms with Gasteiger partial charge in [0.05, 0.1) is 5.56 Å². The summed E-state index contributed by atoms with van der Waals surface area (Å²) in [7, 11) is 0. The first kappa shape index (κ1) is 13.4. The molecule has 1 aromatic carbocycles. The molecule has 0 amide bonds. The fourth-order valence-corrected chi connectivity index (χ4v) is 2.76. The summed E-state index contributed by atoms with van der Waals surface area (Å²) in [5.74, 6) is 1.20. The van der Waals surface area contributed by atoms with Crippen molar-refractivity contribution in [2.24, 2.45) is 5.92 Å². The van der Waals surface area contributed by atoms with Crippen LogP contribution in [0.25, 0.3) is 0 Å². The molecule has 0 spiro atoms. The van der Waals surface area contributed by atoms with E-state index in [1.54, 1.807) is 12.1 Å². The van der Waals surface area contributed by atoms with Crippen LogP contribution >= 0.6 is 0 Å². The molecule has 0 aliphatic heterocycles. The first-order valence-electron chi connectivity index (χ1n) is 6.64. The Labute approximate surface area is 106 Å². The Morgan fingerprint density at radius 1 is 0.944 bits per heavy atom. The number of rotatable bonds is 1. The predicted octanol–water partition coefficient (Wildman–Crippen LogP) is 5.39. The molecule has 1 aliphatic carbocycles. The molecule has 1 fully saturated rings. The van der Waals surface area contributed by atoms with Gasteiger partial charge in [0, 0.05) is 0 Å². The molecule has 0 nitrogen and oxygen atoms in total. The van der Waals surface area contributed by atoms with Crippen molar-refractivity contribution < 1.29 is 13.2 Å². The highest BCUT2D eigenvalue weighted by molar-refractivity contribution is 5.27. The third kappa shape index (κ3) is 3.27. The van der Waals surface area contributed by atoms with Crippen LogP contribution in [0.5, 0.6) is 0 Å². The van der Waals surface area contributed by atoms with Gasteiger partial charge < -0.3 is 0 Å². The number of hydrogen-bond donors (Lipinski definition) is 0. The molecule has 3 heteroatoms. The highest BCUT2D eigenvalue weighted by Gasteiger charge is 2.30.